The molecule has 1 amide bonds. The molecule has 1 N–H and O–H groups in total. The molecule has 1 fully saturated rings. The van der Waals surface area contributed by atoms with Crippen LogP contribution in [0.5, 0.6) is 17.2 Å². The van der Waals surface area contributed by atoms with Crippen LogP contribution in [-0.2, 0) is 15.3 Å². The smallest absolute Gasteiger partial charge is 0.301 e. The van der Waals surface area contributed by atoms with E-state index < -0.39 is 17.7 Å². The van der Waals surface area contributed by atoms with E-state index in [9.17, 15) is 14.7 Å². The molecule has 0 bridgehead atoms. The molecule has 2 aliphatic rings. The number of thioether (sulfide) groups is 1. The first-order valence-electron chi connectivity index (χ1n) is 15.7. The minimum Gasteiger partial charge on any atom is -0.507 e. The molecule has 4 aromatic carbocycles. The molecule has 1 saturated heterocycles. The van der Waals surface area contributed by atoms with Crippen molar-refractivity contribution >= 4 is 56.5 Å². The number of rotatable bonds is 10. The number of benzene rings is 4. The van der Waals surface area contributed by atoms with Gasteiger partial charge in [0.05, 0.1) is 18.2 Å². The molecule has 0 aliphatic carbocycles. The summed E-state index contributed by atoms with van der Waals surface area (Å²) in [4.78, 5) is 29.0. The van der Waals surface area contributed by atoms with Crippen LogP contribution < -0.4 is 19.1 Å². The lowest BCUT2D eigenvalue weighted by Gasteiger charge is -2.23. The average Bonchev–Trinajstić information content (AvgIpc) is 3.68. The summed E-state index contributed by atoms with van der Waals surface area (Å²) in [6, 6.07) is 25.7. The molecule has 11 heteroatoms. The van der Waals surface area contributed by atoms with E-state index in [1.54, 1.807) is 24.3 Å². The summed E-state index contributed by atoms with van der Waals surface area (Å²) in [5.41, 5.74) is 2.02. The third-order valence-corrected chi connectivity index (χ3v) is 10.3. The maximum atomic E-state index is 13.8. The van der Waals surface area contributed by atoms with E-state index in [1.807, 2.05) is 36.4 Å². The van der Waals surface area contributed by atoms with Gasteiger partial charge in [0.2, 0.25) is 5.13 Å². The van der Waals surface area contributed by atoms with Crippen molar-refractivity contribution in [3.05, 3.63) is 107 Å². The first kappa shape index (κ1) is 31.7. The highest BCUT2D eigenvalue weighted by atomic mass is 32.2. The molecular formula is C37H33N3O6S2. The zero-order valence-electron chi connectivity index (χ0n) is 26.4. The lowest BCUT2D eigenvalue weighted by molar-refractivity contribution is -0.132. The molecule has 48 heavy (non-hydrogen) atoms. The van der Waals surface area contributed by atoms with Crippen molar-refractivity contribution in [2.24, 2.45) is 5.92 Å². The van der Waals surface area contributed by atoms with E-state index >= 15 is 0 Å². The highest BCUT2D eigenvalue weighted by molar-refractivity contribution is 8.00. The minimum atomic E-state index is -0.976. The number of ketones is 1. The Balaban J connectivity index is 1.25. The van der Waals surface area contributed by atoms with Crippen LogP contribution in [0.15, 0.2) is 94.8 Å². The minimum absolute atomic E-state index is 0.0591. The number of aromatic nitrogens is 2. The topological polar surface area (TPSA) is 111 Å². The molecule has 244 valence electrons. The highest BCUT2D eigenvalue weighted by Gasteiger charge is 2.48. The van der Waals surface area contributed by atoms with E-state index in [0.29, 0.717) is 64.2 Å². The van der Waals surface area contributed by atoms with Gasteiger partial charge in [-0.25, -0.2) is 0 Å². The normalized spacial score (nSPS) is 17.0. The number of nitrogens with zero attached hydrogens (tertiary/aromatic N) is 3. The van der Waals surface area contributed by atoms with Gasteiger partial charge in [0, 0.05) is 11.3 Å². The number of anilines is 1. The van der Waals surface area contributed by atoms with Gasteiger partial charge in [-0.15, -0.1) is 10.2 Å². The van der Waals surface area contributed by atoms with E-state index in [1.165, 1.54) is 28.0 Å². The number of carbonyl (C=O) groups is 2. The lowest BCUT2D eigenvalue weighted by atomic mass is 9.95. The Morgan fingerprint density at radius 2 is 1.77 bits per heavy atom. The average molecular weight is 680 g/mol. The number of Topliss-reactive ketones (excluding diaryl/α,β-unsaturated/α-hetero) is 1. The zero-order valence-corrected chi connectivity index (χ0v) is 28.1. The van der Waals surface area contributed by atoms with Crippen molar-refractivity contribution in [2.45, 2.75) is 36.4 Å². The lowest BCUT2D eigenvalue weighted by Crippen LogP contribution is -2.29. The maximum absolute atomic E-state index is 13.8. The number of hydrogen-bond acceptors (Lipinski definition) is 10. The molecule has 0 radical (unpaired) electrons. The molecule has 2 aliphatic heterocycles. The number of fused-ring (bicyclic) bond motifs is 2. The summed E-state index contributed by atoms with van der Waals surface area (Å²) in [6.07, 6.45) is 0.872. The Morgan fingerprint density at radius 1 is 0.979 bits per heavy atom. The number of aliphatic hydroxyl groups excluding tert-OH is 1. The van der Waals surface area contributed by atoms with Crippen molar-refractivity contribution < 1.29 is 28.9 Å². The van der Waals surface area contributed by atoms with Crippen molar-refractivity contribution in [2.75, 3.05) is 24.7 Å². The van der Waals surface area contributed by atoms with Crippen LogP contribution in [0.2, 0.25) is 0 Å². The molecule has 3 heterocycles. The fraction of sp³-hybridized carbons (Fsp3) is 0.243. The molecule has 0 spiro atoms. The Bertz CT molecular complexity index is 2040. The molecule has 9 nitrogen and oxygen atoms in total. The van der Waals surface area contributed by atoms with Gasteiger partial charge in [0.1, 0.15) is 24.7 Å². The van der Waals surface area contributed by atoms with Gasteiger partial charge in [-0.1, -0.05) is 91.5 Å². The third kappa shape index (κ3) is 6.35. The predicted molar refractivity (Wildman–Crippen MR) is 187 cm³/mol. The monoisotopic (exact) mass is 679 g/mol. The second-order valence-electron chi connectivity index (χ2n) is 11.9. The van der Waals surface area contributed by atoms with E-state index in [2.05, 4.69) is 48.3 Å². The van der Waals surface area contributed by atoms with Crippen LogP contribution in [0.25, 0.3) is 16.5 Å². The van der Waals surface area contributed by atoms with Crippen LogP contribution >= 0.6 is 23.1 Å². The van der Waals surface area contributed by atoms with Crippen LogP contribution in [0, 0.1) is 5.92 Å². The Labute approximate surface area is 286 Å². The van der Waals surface area contributed by atoms with Gasteiger partial charge < -0.3 is 19.3 Å². The summed E-state index contributed by atoms with van der Waals surface area (Å²) in [6.45, 7) is 5.56. The zero-order chi connectivity index (χ0) is 33.2. The van der Waals surface area contributed by atoms with Crippen LogP contribution in [0.4, 0.5) is 5.13 Å². The second-order valence-corrected chi connectivity index (χ2v) is 14.1. The molecule has 1 aromatic heterocycles. The summed E-state index contributed by atoms with van der Waals surface area (Å²) in [5, 5.41) is 23.0. The van der Waals surface area contributed by atoms with E-state index in [4.69, 9.17) is 14.2 Å². The standard InChI is InChI=1S/C37H33N3O6S2/c1-22(2)15-16-44-27-11-6-9-24(19-27)32-31(33(41)25-13-14-29-30(20-25)46-18-17-45-29)34(42)35(43)40(32)36-38-39-37(48-36)47-21-26-10-5-8-23-7-3-4-12-28(23)26/h3-14,19-20,22,32,41H,15-18,21H2,1-2H3/t32-/m1/s1. The number of carbonyl (C=O) groups excluding carboxylic acids is 2. The number of amides is 1. The first-order valence-corrected chi connectivity index (χ1v) is 17.5. The Morgan fingerprint density at radius 3 is 2.62 bits per heavy atom. The Hall–Kier alpha value is -4.87. The third-order valence-electron chi connectivity index (χ3n) is 8.23. The summed E-state index contributed by atoms with van der Waals surface area (Å²) < 4.78 is 18.0. The SMILES string of the molecule is CC(C)CCOc1cccc([C@@H]2C(=C(O)c3ccc4c(c3)OCCO4)C(=O)C(=O)N2c2nnc(SCc3cccc4ccccc34)s2)c1. The molecule has 1 atom stereocenters. The van der Waals surface area contributed by atoms with E-state index in [0.717, 1.165) is 22.8 Å². The number of hydrogen-bond donors (Lipinski definition) is 1. The van der Waals surface area contributed by atoms with Crippen molar-refractivity contribution in [1.29, 1.82) is 0 Å². The van der Waals surface area contributed by atoms with Crippen LogP contribution in [-0.4, -0.2) is 46.8 Å². The predicted octanol–water partition coefficient (Wildman–Crippen LogP) is 7.81. The fourth-order valence-corrected chi connectivity index (χ4v) is 7.67. The maximum Gasteiger partial charge on any atom is 0.301 e. The molecule has 7 rings (SSSR count). The van der Waals surface area contributed by atoms with Gasteiger partial charge in [0.15, 0.2) is 15.8 Å². The Kier molecular flexibility index (Phi) is 9.05. The summed E-state index contributed by atoms with van der Waals surface area (Å²) in [5.74, 6) is 0.776. The van der Waals surface area contributed by atoms with Gasteiger partial charge in [-0.2, -0.15) is 0 Å². The largest absolute Gasteiger partial charge is 0.507 e. The van der Waals surface area contributed by atoms with Crippen LogP contribution in [0.3, 0.4) is 0 Å². The molecular weight excluding hydrogens is 647 g/mol. The van der Waals surface area contributed by atoms with Gasteiger partial charge in [0.25, 0.3) is 5.78 Å². The van der Waals surface area contributed by atoms with Gasteiger partial charge in [-0.3, -0.25) is 14.5 Å². The van der Waals surface area contributed by atoms with Crippen molar-refractivity contribution in [1.82, 2.24) is 10.2 Å². The number of ether oxygens (including phenoxy) is 3. The highest BCUT2D eigenvalue weighted by Crippen LogP contribution is 2.45. The molecule has 0 unspecified atom stereocenters. The van der Waals surface area contributed by atoms with Gasteiger partial charge in [-0.05, 0) is 64.6 Å². The fourth-order valence-electron chi connectivity index (χ4n) is 5.79. The molecule has 0 saturated carbocycles. The van der Waals surface area contributed by atoms with E-state index in [-0.39, 0.29) is 16.5 Å². The molecule has 5 aromatic rings. The first-order chi connectivity index (χ1) is 23.4. The summed E-state index contributed by atoms with van der Waals surface area (Å²) in [7, 11) is 0. The van der Waals surface area contributed by atoms with Crippen LogP contribution in [0.1, 0.15) is 43.0 Å². The van der Waals surface area contributed by atoms with Crippen molar-refractivity contribution in [3.8, 4) is 17.2 Å². The second kappa shape index (κ2) is 13.7. The number of aliphatic hydroxyl groups is 1. The summed E-state index contributed by atoms with van der Waals surface area (Å²) >= 11 is 2.74. The van der Waals surface area contributed by atoms with Crippen molar-refractivity contribution in [3.63, 3.8) is 0 Å². The van der Waals surface area contributed by atoms with Gasteiger partial charge >= 0.3 is 5.91 Å². The quantitative estimate of drug-likeness (QED) is 0.0520.